The fourth-order valence-electron chi connectivity index (χ4n) is 3.38. The Morgan fingerprint density at radius 1 is 1.17 bits per heavy atom. The monoisotopic (exact) mass is 343 g/mol. The summed E-state index contributed by atoms with van der Waals surface area (Å²) in [7, 11) is 0. The van der Waals surface area contributed by atoms with E-state index in [9.17, 15) is 4.79 Å². The molecule has 5 heteroatoms. The van der Waals surface area contributed by atoms with Crippen LogP contribution in [0.5, 0.6) is 11.5 Å². The minimum atomic E-state index is -0.112. The lowest BCUT2D eigenvalue weighted by atomic mass is 9.97. The van der Waals surface area contributed by atoms with Crippen LogP contribution in [-0.2, 0) is 19.3 Å². The van der Waals surface area contributed by atoms with Gasteiger partial charge in [0.25, 0.3) is 5.91 Å². The molecule has 0 saturated heterocycles. The third kappa shape index (κ3) is 2.82. The molecule has 2 heterocycles. The molecule has 0 saturated carbocycles. The Bertz CT molecular complexity index is 771. The van der Waals surface area contributed by atoms with Gasteiger partial charge in [-0.25, -0.2) is 0 Å². The van der Waals surface area contributed by atoms with Gasteiger partial charge in [-0.1, -0.05) is 17.7 Å². The van der Waals surface area contributed by atoms with Crippen LogP contribution in [0, 0.1) is 0 Å². The quantitative estimate of drug-likeness (QED) is 0.927. The maximum atomic E-state index is 12.2. The molecule has 0 aromatic heterocycles. The number of carbonyl (C=O) groups excluding carboxylic acids is 1. The zero-order valence-corrected chi connectivity index (χ0v) is 14.0. The molecule has 0 aliphatic carbocycles. The number of benzene rings is 2. The number of amides is 1. The van der Waals surface area contributed by atoms with Crippen LogP contribution in [0.3, 0.4) is 0 Å². The lowest BCUT2D eigenvalue weighted by Crippen LogP contribution is -2.26. The first-order valence-corrected chi connectivity index (χ1v) is 8.57. The summed E-state index contributed by atoms with van der Waals surface area (Å²) in [6.07, 6.45) is 2.57. The minimum absolute atomic E-state index is 0.112. The average Bonchev–Trinajstić information content (AvgIpc) is 3.22. The van der Waals surface area contributed by atoms with Crippen LogP contribution in [0.1, 0.15) is 27.0 Å². The largest absolute Gasteiger partial charge is 0.493 e. The van der Waals surface area contributed by atoms with Crippen molar-refractivity contribution < 1.29 is 14.3 Å². The Hall–Kier alpha value is -2.20. The molecular weight excluding hydrogens is 326 g/mol. The number of halogens is 1. The highest BCUT2D eigenvalue weighted by molar-refractivity contribution is 6.30. The molecule has 0 radical (unpaired) electrons. The lowest BCUT2D eigenvalue weighted by molar-refractivity contribution is 0.0954. The molecule has 4 rings (SSSR count). The summed E-state index contributed by atoms with van der Waals surface area (Å²) in [4.78, 5) is 12.2. The summed E-state index contributed by atoms with van der Waals surface area (Å²) in [5, 5.41) is 3.53. The number of rotatable bonds is 4. The maximum absolute atomic E-state index is 12.2. The first kappa shape index (κ1) is 15.3. The van der Waals surface area contributed by atoms with Crippen molar-refractivity contribution in [1.29, 1.82) is 0 Å². The predicted molar refractivity (Wildman–Crippen MR) is 92.3 cm³/mol. The highest BCUT2D eigenvalue weighted by Gasteiger charge is 2.26. The van der Waals surface area contributed by atoms with Gasteiger partial charge in [0.15, 0.2) is 0 Å². The van der Waals surface area contributed by atoms with Crippen molar-refractivity contribution in [1.82, 2.24) is 5.32 Å². The third-order valence-electron chi connectivity index (χ3n) is 4.51. The molecule has 0 fully saturated rings. The van der Waals surface area contributed by atoms with E-state index in [1.165, 1.54) is 16.7 Å². The summed E-state index contributed by atoms with van der Waals surface area (Å²) in [5.41, 5.74) is 4.20. The van der Waals surface area contributed by atoms with Crippen molar-refractivity contribution >= 4 is 17.5 Å². The smallest absolute Gasteiger partial charge is 0.251 e. The second kappa shape index (κ2) is 6.36. The van der Waals surface area contributed by atoms with Gasteiger partial charge in [0.2, 0.25) is 0 Å². The molecule has 24 heavy (non-hydrogen) atoms. The molecule has 0 unspecified atom stereocenters. The average molecular weight is 344 g/mol. The number of carbonyl (C=O) groups is 1. The molecule has 1 N–H and O–H groups in total. The number of fused-ring (bicyclic) bond motifs is 2. The van der Waals surface area contributed by atoms with Crippen LogP contribution in [0.2, 0.25) is 5.02 Å². The number of nitrogens with one attached hydrogen (secondary N) is 1. The minimum Gasteiger partial charge on any atom is -0.493 e. The third-order valence-corrected chi connectivity index (χ3v) is 4.74. The van der Waals surface area contributed by atoms with Gasteiger partial charge in [0.1, 0.15) is 11.5 Å². The topological polar surface area (TPSA) is 47.6 Å². The molecule has 124 valence electrons. The van der Waals surface area contributed by atoms with Crippen molar-refractivity contribution in [3.8, 4) is 11.5 Å². The van der Waals surface area contributed by atoms with Crippen LogP contribution < -0.4 is 14.8 Å². The van der Waals surface area contributed by atoms with Crippen LogP contribution in [-0.4, -0.2) is 25.7 Å². The standard InChI is InChI=1S/C19H18ClNO3/c20-14-3-1-2-13(10-14)19(22)21-7-4-16-15-6-9-23-17(15)11-12-5-8-24-18(12)16/h1-3,10-11H,4-9H2,(H,21,22). The molecule has 2 aliphatic rings. The first-order valence-electron chi connectivity index (χ1n) is 8.19. The molecule has 0 spiro atoms. The zero-order chi connectivity index (χ0) is 16.5. The van der Waals surface area contributed by atoms with Crippen molar-refractivity contribution in [3.05, 3.63) is 57.6 Å². The Morgan fingerprint density at radius 2 is 2.04 bits per heavy atom. The molecular formula is C19H18ClNO3. The SMILES string of the molecule is O=C(NCCc1c2c(cc3c1OCC3)OCC2)c1cccc(Cl)c1. The van der Waals surface area contributed by atoms with E-state index < -0.39 is 0 Å². The Labute approximate surface area is 145 Å². The Balaban J connectivity index is 1.48. The molecule has 2 aromatic rings. The zero-order valence-electron chi connectivity index (χ0n) is 13.2. The fraction of sp³-hybridized carbons (Fsp3) is 0.316. The summed E-state index contributed by atoms with van der Waals surface area (Å²) < 4.78 is 11.5. The van der Waals surface area contributed by atoms with Gasteiger partial charge in [-0.3, -0.25) is 4.79 Å². The summed E-state index contributed by atoms with van der Waals surface area (Å²) in [6, 6.07) is 9.08. The van der Waals surface area contributed by atoms with E-state index in [1.54, 1.807) is 24.3 Å². The van der Waals surface area contributed by atoms with Gasteiger partial charge in [-0.15, -0.1) is 0 Å². The lowest BCUT2D eigenvalue weighted by Gasteiger charge is -2.13. The van der Waals surface area contributed by atoms with Crippen LogP contribution >= 0.6 is 11.6 Å². The van der Waals surface area contributed by atoms with Gasteiger partial charge < -0.3 is 14.8 Å². The second-order valence-corrected chi connectivity index (χ2v) is 6.47. The summed E-state index contributed by atoms with van der Waals surface area (Å²) >= 11 is 5.94. The van der Waals surface area contributed by atoms with Crippen LogP contribution in [0.15, 0.2) is 30.3 Å². The van der Waals surface area contributed by atoms with Crippen molar-refractivity contribution in [2.45, 2.75) is 19.3 Å². The fourth-order valence-corrected chi connectivity index (χ4v) is 3.57. The number of hydrogen-bond donors (Lipinski definition) is 1. The van der Waals surface area contributed by atoms with Gasteiger partial charge >= 0.3 is 0 Å². The van der Waals surface area contributed by atoms with Crippen molar-refractivity contribution in [2.75, 3.05) is 19.8 Å². The van der Waals surface area contributed by atoms with Gasteiger partial charge in [-0.2, -0.15) is 0 Å². The Morgan fingerprint density at radius 3 is 2.92 bits per heavy atom. The van der Waals surface area contributed by atoms with E-state index in [-0.39, 0.29) is 5.91 Å². The molecule has 4 nitrogen and oxygen atoms in total. The van der Waals surface area contributed by atoms with Gasteiger partial charge in [0, 0.05) is 46.7 Å². The molecule has 1 amide bonds. The van der Waals surface area contributed by atoms with Crippen LogP contribution in [0.4, 0.5) is 0 Å². The maximum Gasteiger partial charge on any atom is 0.251 e. The molecule has 2 aromatic carbocycles. The molecule has 0 bridgehead atoms. The predicted octanol–water partition coefficient (Wildman–Crippen LogP) is 3.18. The van der Waals surface area contributed by atoms with E-state index in [0.29, 0.717) is 17.1 Å². The normalized spacial score (nSPS) is 14.5. The van der Waals surface area contributed by atoms with E-state index >= 15 is 0 Å². The molecule has 0 atom stereocenters. The van der Waals surface area contributed by atoms with Gasteiger partial charge in [-0.05, 0) is 30.7 Å². The van der Waals surface area contributed by atoms with E-state index in [2.05, 4.69) is 11.4 Å². The number of ether oxygens (including phenoxy) is 2. The number of hydrogen-bond acceptors (Lipinski definition) is 3. The highest BCUT2D eigenvalue weighted by atomic mass is 35.5. The second-order valence-electron chi connectivity index (χ2n) is 6.03. The highest BCUT2D eigenvalue weighted by Crippen LogP contribution is 2.40. The summed E-state index contributed by atoms with van der Waals surface area (Å²) in [6.45, 7) is 2.00. The molecule has 2 aliphatic heterocycles. The van der Waals surface area contributed by atoms with Crippen LogP contribution in [0.25, 0.3) is 0 Å². The summed E-state index contributed by atoms with van der Waals surface area (Å²) in [5.74, 6) is 1.87. The van der Waals surface area contributed by atoms with E-state index in [0.717, 1.165) is 44.0 Å². The van der Waals surface area contributed by atoms with Crippen molar-refractivity contribution in [3.63, 3.8) is 0 Å². The van der Waals surface area contributed by atoms with Gasteiger partial charge in [0.05, 0.1) is 13.2 Å². The first-order chi connectivity index (χ1) is 11.7. The van der Waals surface area contributed by atoms with Crippen molar-refractivity contribution in [2.24, 2.45) is 0 Å². The van der Waals surface area contributed by atoms with E-state index in [4.69, 9.17) is 21.1 Å². The van der Waals surface area contributed by atoms with E-state index in [1.807, 2.05) is 0 Å². The Kier molecular flexibility index (Phi) is 4.07.